The molecule has 5 heteroatoms. The maximum atomic E-state index is 13.9. The Hall–Kier alpha value is -2.92. The van der Waals surface area contributed by atoms with Gasteiger partial charge in [0.25, 0.3) is 11.8 Å². The van der Waals surface area contributed by atoms with Gasteiger partial charge in [-0.05, 0) is 89.0 Å². The van der Waals surface area contributed by atoms with Crippen molar-refractivity contribution in [2.75, 3.05) is 32.1 Å². The molecule has 0 N–H and O–H groups in total. The van der Waals surface area contributed by atoms with Gasteiger partial charge >= 0.3 is 0 Å². The van der Waals surface area contributed by atoms with Gasteiger partial charge in [-0.25, -0.2) is 4.90 Å². The molecule has 0 bridgehead atoms. The second-order valence-corrected chi connectivity index (χ2v) is 9.35. The van der Waals surface area contributed by atoms with Crippen molar-refractivity contribution in [2.45, 2.75) is 46.6 Å². The molecule has 5 nitrogen and oxygen atoms in total. The van der Waals surface area contributed by atoms with Crippen molar-refractivity contribution >= 4 is 23.1 Å². The predicted octanol–water partition coefficient (Wildman–Crippen LogP) is 4.23. The summed E-state index contributed by atoms with van der Waals surface area (Å²) in [4.78, 5) is 33.5. The van der Waals surface area contributed by atoms with E-state index in [9.17, 15) is 9.59 Å². The minimum absolute atomic E-state index is 0.222. The summed E-state index contributed by atoms with van der Waals surface area (Å²) in [6.07, 6.45) is 1.95. The minimum atomic E-state index is -0.231. The Morgan fingerprint density at radius 1 is 0.906 bits per heavy atom. The van der Waals surface area contributed by atoms with Crippen LogP contribution in [-0.4, -0.2) is 54.8 Å². The van der Waals surface area contributed by atoms with E-state index in [0.717, 1.165) is 53.7 Å². The van der Waals surface area contributed by atoms with Crippen molar-refractivity contribution in [2.24, 2.45) is 0 Å². The van der Waals surface area contributed by atoms with Crippen molar-refractivity contribution < 1.29 is 9.59 Å². The molecule has 0 saturated carbocycles. The number of anilines is 1. The zero-order valence-electron chi connectivity index (χ0n) is 20.0. The third kappa shape index (κ3) is 3.75. The maximum absolute atomic E-state index is 13.9. The van der Waals surface area contributed by atoms with Crippen LogP contribution < -0.4 is 4.90 Å². The molecule has 2 amide bonds. The second-order valence-electron chi connectivity index (χ2n) is 9.35. The molecule has 0 aliphatic carbocycles. The molecule has 0 unspecified atom stereocenters. The Bertz CT molecular complexity index is 1110. The molecule has 2 aliphatic rings. The molecule has 32 heavy (non-hydrogen) atoms. The van der Waals surface area contributed by atoms with Crippen LogP contribution in [0.1, 0.15) is 40.7 Å². The lowest BCUT2D eigenvalue weighted by atomic mass is 9.96. The van der Waals surface area contributed by atoms with Crippen LogP contribution in [0.25, 0.3) is 5.57 Å². The van der Waals surface area contributed by atoms with Crippen molar-refractivity contribution in [3.8, 4) is 0 Å². The first-order chi connectivity index (χ1) is 15.2. The second kappa shape index (κ2) is 8.55. The quantitative estimate of drug-likeness (QED) is 0.680. The van der Waals surface area contributed by atoms with E-state index in [0.29, 0.717) is 17.0 Å². The van der Waals surface area contributed by atoms with Gasteiger partial charge in [0, 0.05) is 13.1 Å². The number of carbonyl (C=O) groups is 2. The first kappa shape index (κ1) is 22.3. The van der Waals surface area contributed by atoms with E-state index in [1.165, 1.54) is 4.90 Å². The van der Waals surface area contributed by atoms with E-state index >= 15 is 0 Å². The van der Waals surface area contributed by atoms with Crippen LogP contribution in [0, 0.1) is 27.7 Å². The zero-order valence-corrected chi connectivity index (χ0v) is 20.0. The topological polar surface area (TPSA) is 43.9 Å². The number of imide groups is 1. The minimum Gasteiger partial charge on any atom is -0.366 e. The molecule has 168 valence electrons. The Morgan fingerprint density at radius 3 is 2.25 bits per heavy atom. The maximum Gasteiger partial charge on any atom is 0.282 e. The molecule has 0 radical (unpaired) electrons. The average Bonchev–Trinajstić information content (AvgIpc) is 3.00. The highest BCUT2D eigenvalue weighted by atomic mass is 16.2. The van der Waals surface area contributed by atoms with Crippen LogP contribution in [0.5, 0.6) is 0 Å². The monoisotopic (exact) mass is 431 g/mol. The lowest BCUT2D eigenvalue weighted by Gasteiger charge is -2.36. The fourth-order valence-corrected chi connectivity index (χ4v) is 4.94. The summed E-state index contributed by atoms with van der Waals surface area (Å²) >= 11 is 0. The van der Waals surface area contributed by atoms with Gasteiger partial charge in [0.05, 0.1) is 11.3 Å². The molecule has 2 aromatic rings. The van der Waals surface area contributed by atoms with E-state index in [2.05, 4.69) is 22.9 Å². The highest BCUT2D eigenvalue weighted by molar-refractivity contribution is 6.45. The van der Waals surface area contributed by atoms with Crippen molar-refractivity contribution in [3.05, 3.63) is 69.9 Å². The third-order valence-electron chi connectivity index (χ3n) is 7.12. The lowest BCUT2D eigenvalue weighted by molar-refractivity contribution is -0.120. The van der Waals surface area contributed by atoms with Gasteiger partial charge in [0.2, 0.25) is 0 Å². The van der Waals surface area contributed by atoms with Gasteiger partial charge in [0.15, 0.2) is 0 Å². The van der Waals surface area contributed by atoms with Crippen LogP contribution >= 0.6 is 0 Å². The van der Waals surface area contributed by atoms with E-state index in [4.69, 9.17) is 0 Å². The van der Waals surface area contributed by atoms with Crippen LogP contribution in [0.3, 0.4) is 0 Å². The van der Waals surface area contributed by atoms with E-state index in [1.807, 2.05) is 65.1 Å². The number of piperidine rings is 1. The molecular weight excluding hydrogens is 398 g/mol. The van der Waals surface area contributed by atoms with Gasteiger partial charge in [-0.2, -0.15) is 0 Å². The van der Waals surface area contributed by atoms with E-state index in [-0.39, 0.29) is 17.9 Å². The number of likely N-dealkylation sites (N-methyl/N-ethyl adjacent to an activating group) is 1. The number of nitrogens with zero attached hydrogens (tertiary/aromatic N) is 3. The third-order valence-corrected chi connectivity index (χ3v) is 7.12. The molecule has 4 rings (SSSR count). The van der Waals surface area contributed by atoms with Gasteiger partial charge in [0.1, 0.15) is 5.70 Å². The summed E-state index contributed by atoms with van der Waals surface area (Å²) in [5.74, 6) is -0.453. The van der Waals surface area contributed by atoms with Crippen LogP contribution in [0.4, 0.5) is 5.69 Å². The number of aryl methyl sites for hydroxylation is 3. The van der Waals surface area contributed by atoms with Crippen LogP contribution in [0.2, 0.25) is 0 Å². The Morgan fingerprint density at radius 2 is 1.59 bits per heavy atom. The highest BCUT2D eigenvalue weighted by Crippen LogP contribution is 2.38. The first-order valence-electron chi connectivity index (χ1n) is 11.4. The average molecular weight is 432 g/mol. The SMILES string of the molecule is Cc1ccc(C2=C(N(C)C3CCN(C)CC3)C(=O)N(c3cccc(C)c3C)C2=O)c(C)c1. The smallest absolute Gasteiger partial charge is 0.282 e. The van der Waals surface area contributed by atoms with Gasteiger partial charge in [-0.1, -0.05) is 35.9 Å². The van der Waals surface area contributed by atoms with Gasteiger partial charge in [-0.15, -0.1) is 0 Å². The molecule has 0 atom stereocenters. The fraction of sp³-hybridized carbons (Fsp3) is 0.407. The Labute approximate surface area is 191 Å². The Kier molecular flexibility index (Phi) is 5.95. The summed E-state index contributed by atoms with van der Waals surface area (Å²) in [5.41, 5.74) is 6.74. The number of rotatable bonds is 4. The largest absolute Gasteiger partial charge is 0.366 e. The molecule has 1 fully saturated rings. The highest BCUT2D eigenvalue weighted by Gasteiger charge is 2.44. The summed E-state index contributed by atoms with van der Waals surface area (Å²) < 4.78 is 0. The zero-order chi connectivity index (χ0) is 23.2. The first-order valence-corrected chi connectivity index (χ1v) is 11.4. The van der Waals surface area contributed by atoms with Gasteiger partial charge < -0.3 is 9.80 Å². The molecule has 1 saturated heterocycles. The van der Waals surface area contributed by atoms with Gasteiger partial charge in [-0.3, -0.25) is 9.59 Å². The van der Waals surface area contributed by atoms with Crippen molar-refractivity contribution in [1.82, 2.24) is 9.80 Å². The number of benzene rings is 2. The van der Waals surface area contributed by atoms with Crippen LogP contribution in [-0.2, 0) is 9.59 Å². The number of amides is 2. The number of carbonyl (C=O) groups excluding carboxylic acids is 2. The number of hydrogen-bond donors (Lipinski definition) is 0. The standard InChI is InChI=1S/C27H33N3O2/c1-17-10-11-22(19(3)16-17)24-25(29(6)21-12-14-28(5)15-13-21)27(32)30(26(24)31)23-9-7-8-18(2)20(23)4/h7-11,16,21H,12-15H2,1-6H3. The Balaban J connectivity index is 1.85. The summed E-state index contributed by atoms with van der Waals surface area (Å²) in [7, 11) is 4.11. The molecule has 2 aromatic carbocycles. The van der Waals surface area contributed by atoms with Crippen LogP contribution in [0.15, 0.2) is 42.1 Å². The lowest BCUT2D eigenvalue weighted by Crippen LogP contribution is -2.43. The number of hydrogen-bond acceptors (Lipinski definition) is 4. The normalized spacial score (nSPS) is 18.1. The molecule has 0 spiro atoms. The molecular formula is C27H33N3O2. The van der Waals surface area contributed by atoms with Crippen molar-refractivity contribution in [3.63, 3.8) is 0 Å². The molecule has 2 heterocycles. The summed E-state index contributed by atoms with van der Waals surface area (Å²) in [6, 6.07) is 12.1. The van der Waals surface area contributed by atoms with E-state index in [1.54, 1.807) is 0 Å². The van der Waals surface area contributed by atoms with E-state index < -0.39 is 0 Å². The predicted molar refractivity (Wildman–Crippen MR) is 130 cm³/mol. The molecule has 2 aliphatic heterocycles. The fourth-order valence-electron chi connectivity index (χ4n) is 4.94. The molecule has 0 aromatic heterocycles. The van der Waals surface area contributed by atoms with Crippen molar-refractivity contribution in [1.29, 1.82) is 0 Å². The number of likely N-dealkylation sites (tertiary alicyclic amines) is 1. The summed E-state index contributed by atoms with van der Waals surface area (Å²) in [5, 5.41) is 0. The summed E-state index contributed by atoms with van der Waals surface area (Å²) in [6.45, 7) is 10.0.